The van der Waals surface area contributed by atoms with Crippen molar-refractivity contribution < 1.29 is 4.79 Å². The summed E-state index contributed by atoms with van der Waals surface area (Å²) in [4.78, 5) is 13.4. The molecule has 24 heavy (non-hydrogen) atoms. The number of rotatable bonds is 5. The predicted molar refractivity (Wildman–Crippen MR) is 98.5 cm³/mol. The van der Waals surface area contributed by atoms with Crippen LogP contribution in [-0.2, 0) is 11.3 Å². The third kappa shape index (κ3) is 3.47. The molecular formula is C17H18N4OS2. The van der Waals surface area contributed by atoms with Crippen LogP contribution in [0.2, 0.25) is 0 Å². The quantitative estimate of drug-likeness (QED) is 0.681. The molecule has 0 spiro atoms. The molecule has 2 aromatic heterocycles. The number of aromatic amines is 1. The number of aryl methyl sites for hydroxylation is 1. The highest BCUT2D eigenvalue weighted by Gasteiger charge is 2.15. The number of nitrogens with one attached hydrogen (secondary N) is 2. The van der Waals surface area contributed by atoms with E-state index < -0.39 is 0 Å². The molecule has 3 rings (SSSR count). The topological polar surface area (TPSA) is 62.7 Å². The summed E-state index contributed by atoms with van der Waals surface area (Å²) < 4.78 is 2.17. The van der Waals surface area contributed by atoms with Crippen molar-refractivity contribution in [2.24, 2.45) is 0 Å². The Balaban J connectivity index is 1.76. The van der Waals surface area contributed by atoms with Crippen molar-refractivity contribution in [3.05, 3.63) is 57.7 Å². The Bertz CT molecular complexity index is 895. The average Bonchev–Trinajstić information content (AvgIpc) is 3.18. The number of H-pyrrole nitrogens is 1. The lowest BCUT2D eigenvalue weighted by molar-refractivity contribution is -0.122. The van der Waals surface area contributed by atoms with Crippen molar-refractivity contribution >= 4 is 29.5 Å². The van der Waals surface area contributed by atoms with Crippen LogP contribution in [0.25, 0.3) is 10.7 Å². The maximum Gasteiger partial charge on any atom is 0.240 e. The molecule has 2 N–H and O–H groups in total. The summed E-state index contributed by atoms with van der Waals surface area (Å²) >= 11 is 6.82. The number of benzene rings is 1. The van der Waals surface area contributed by atoms with Gasteiger partial charge in [-0.3, -0.25) is 14.5 Å². The van der Waals surface area contributed by atoms with Gasteiger partial charge in [0.15, 0.2) is 10.6 Å². The Morgan fingerprint density at radius 2 is 2.17 bits per heavy atom. The Hall–Kier alpha value is -2.25. The average molecular weight is 358 g/mol. The molecule has 0 aliphatic carbocycles. The van der Waals surface area contributed by atoms with E-state index in [1.54, 1.807) is 15.9 Å². The molecule has 2 heterocycles. The van der Waals surface area contributed by atoms with Gasteiger partial charge in [-0.2, -0.15) is 5.10 Å². The van der Waals surface area contributed by atoms with Crippen molar-refractivity contribution in [2.45, 2.75) is 26.4 Å². The van der Waals surface area contributed by atoms with Gasteiger partial charge in [0.05, 0.1) is 10.9 Å². The van der Waals surface area contributed by atoms with Crippen LogP contribution >= 0.6 is 23.6 Å². The minimum Gasteiger partial charge on any atom is -0.348 e. The Kier molecular flexibility index (Phi) is 4.92. The van der Waals surface area contributed by atoms with Gasteiger partial charge < -0.3 is 5.32 Å². The largest absolute Gasteiger partial charge is 0.348 e. The highest BCUT2D eigenvalue weighted by atomic mass is 32.1. The fraction of sp³-hybridized carbons (Fsp3) is 0.235. The Morgan fingerprint density at radius 1 is 1.38 bits per heavy atom. The number of nitrogens with zero attached hydrogens (tertiary/aromatic N) is 2. The molecule has 0 radical (unpaired) electrons. The van der Waals surface area contributed by atoms with Crippen molar-refractivity contribution in [1.29, 1.82) is 0 Å². The van der Waals surface area contributed by atoms with Crippen molar-refractivity contribution in [1.82, 2.24) is 20.1 Å². The van der Waals surface area contributed by atoms with Crippen LogP contribution in [0.3, 0.4) is 0 Å². The lowest BCUT2D eigenvalue weighted by atomic mass is 10.0. The number of carbonyl (C=O) groups excluding carboxylic acids is 1. The first kappa shape index (κ1) is 16.6. The predicted octanol–water partition coefficient (Wildman–Crippen LogP) is 3.86. The van der Waals surface area contributed by atoms with Gasteiger partial charge in [-0.15, -0.1) is 11.3 Å². The zero-order chi connectivity index (χ0) is 17.1. The Labute approximate surface area is 149 Å². The summed E-state index contributed by atoms with van der Waals surface area (Å²) in [5.74, 6) is 0.592. The van der Waals surface area contributed by atoms with E-state index in [1.165, 1.54) is 0 Å². The number of hydrogen-bond donors (Lipinski definition) is 2. The fourth-order valence-electron chi connectivity index (χ4n) is 2.64. The SMILES string of the molecule is Cc1ccccc1C(C)NC(=O)Cn1c(-c2cccs2)n[nH]c1=S. The van der Waals surface area contributed by atoms with E-state index in [0.717, 1.165) is 16.0 Å². The highest BCUT2D eigenvalue weighted by Crippen LogP contribution is 2.23. The van der Waals surface area contributed by atoms with Gasteiger partial charge in [0.25, 0.3) is 0 Å². The third-order valence-corrected chi connectivity index (χ3v) is 5.01. The maximum absolute atomic E-state index is 12.5. The van der Waals surface area contributed by atoms with Gasteiger partial charge in [0.1, 0.15) is 6.54 Å². The second-order valence-electron chi connectivity index (χ2n) is 5.56. The number of hydrogen-bond acceptors (Lipinski definition) is 4. The molecule has 7 heteroatoms. The molecular weight excluding hydrogens is 340 g/mol. The fourth-order valence-corrected chi connectivity index (χ4v) is 3.56. The molecule has 1 unspecified atom stereocenters. The molecule has 1 amide bonds. The van der Waals surface area contributed by atoms with Gasteiger partial charge in [-0.05, 0) is 48.6 Å². The molecule has 0 aliphatic rings. The van der Waals surface area contributed by atoms with E-state index in [4.69, 9.17) is 12.2 Å². The number of amides is 1. The summed E-state index contributed by atoms with van der Waals surface area (Å²) in [5, 5.41) is 12.0. The van der Waals surface area contributed by atoms with Gasteiger partial charge in [-0.25, -0.2) is 0 Å². The summed E-state index contributed by atoms with van der Waals surface area (Å²) in [6, 6.07) is 11.9. The smallest absolute Gasteiger partial charge is 0.240 e. The van der Waals surface area contributed by atoms with Crippen LogP contribution in [0, 0.1) is 11.7 Å². The zero-order valence-electron chi connectivity index (χ0n) is 13.4. The van der Waals surface area contributed by atoms with E-state index in [9.17, 15) is 4.79 Å². The lowest BCUT2D eigenvalue weighted by Gasteiger charge is -2.17. The van der Waals surface area contributed by atoms with Crippen molar-refractivity contribution in [2.75, 3.05) is 0 Å². The van der Waals surface area contributed by atoms with E-state index in [-0.39, 0.29) is 18.5 Å². The number of thiophene rings is 1. The molecule has 124 valence electrons. The van der Waals surface area contributed by atoms with Gasteiger partial charge in [-0.1, -0.05) is 30.3 Å². The van der Waals surface area contributed by atoms with Crippen molar-refractivity contribution in [3.63, 3.8) is 0 Å². The summed E-state index contributed by atoms with van der Waals surface area (Å²) in [6.45, 7) is 4.16. The second kappa shape index (κ2) is 7.11. The highest BCUT2D eigenvalue weighted by molar-refractivity contribution is 7.71. The van der Waals surface area contributed by atoms with Crippen LogP contribution in [0.4, 0.5) is 0 Å². The molecule has 0 fully saturated rings. The zero-order valence-corrected chi connectivity index (χ0v) is 15.1. The van der Waals surface area contributed by atoms with Crippen LogP contribution in [0.5, 0.6) is 0 Å². The first-order valence-electron chi connectivity index (χ1n) is 7.60. The van der Waals surface area contributed by atoms with Crippen LogP contribution in [0.15, 0.2) is 41.8 Å². The van der Waals surface area contributed by atoms with E-state index >= 15 is 0 Å². The number of aromatic nitrogens is 3. The van der Waals surface area contributed by atoms with E-state index in [0.29, 0.717) is 10.6 Å². The molecule has 1 aromatic carbocycles. The molecule has 0 saturated carbocycles. The molecule has 0 bridgehead atoms. The molecule has 0 aliphatic heterocycles. The van der Waals surface area contributed by atoms with Crippen LogP contribution in [-0.4, -0.2) is 20.7 Å². The molecule has 0 saturated heterocycles. The first-order chi connectivity index (χ1) is 11.6. The summed E-state index contributed by atoms with van der Waals surface area (Å²) in [7, 11) is 0. The standard InChI is InChI=1S/C17H18N4OS2/c1-11-6-3-4-7-13(11)12(2)18-15(22)10-21-16(19-20-17(21)23)14-8-5-9-24-14/h3-9,12H,10H2,1-2H3,(H,18,22)(H,20,23). The summed E-state index contributed by atoms with van der Waals surface area (Å²) in [6.07, 6.45) is 0. The van der Waals surface area contributed by atoms with Gasteiger partial charge in [0.2, 0.25) is 5.91 Å². The third-order valence-electron chi connectivity index (χ3n) is 3.83. The van der Waals surface area contributed by atoms with Crippen LogP contribution in [0.1, 0.15) is 24.1 Å². The minimum absolute atomic E-state index is 0.0649. The summed E-state index contributed by atoms with van der Waals surface area (Å²) in [5.41, 5.74) is 2.27. The second-order valence-corrected chi connectivity index (χ2v) is 6.90. The first-order valence-corrected chi connectivity index (χ1v) is 8.89. The maximum atomic E-state index is 12.5. The molecule has 1 atom stereocenters. The molecule has 5 nitrogen and oxygen atoms in total. The minimum atomic E-state index is -0.0962. The molecule has 3 aromatic rings. The van der Waals surface area contributed by atoms with Gasteiger partial charge in [0, 0.05) is 0 Å². The van der Waals surface area contributed by atoms with E-state index in [2.05, 4.69) is 15.5 Å². The van der Waals surface area contributed by atoms with E-state index in [1.807, 2.05) is 55.6 Å². The monoisotopic (exact) mass is 358 g/mol. The van der Waals surface area contributed by atoms with Crippen LogP contribution < -0.4 is 5.32 Å². The Morgan fingerprint density at radius 3 is 2.88 bits per heavy atom. The van der Waals surface area contributed by atoms with Crippen molar-refractivity contribution in [3.8, 4) is 10.7 Å². The normalized spacial score (nSPS) is 12.1. The lowest BCUT2D eigenvalue weighted by Crippen LogP contribution is -2.30. The number of carbonyl (C=O) groups is 1. The van der Waals surface area contributed by atoms with Gasteiger partial charge >= 0.3 is 0 Å².